The quantitative estimate of drug-likeness (QED) is 0.454. The molecule has 30 heavy (non-hydrogen) atoms. The number of amides is 1. The summed E-state index contributed by atoms with van der Waals surface area (Å²) in [5.74, 6) is 1.31. The van der Waals surface area contributed by atoms with Crippen molar-refractivity contribution < 1.29 is 14.5 Å². The number of nitrogens with one attached hydrogen (secondary N) is 1. The van der Waals surface area contributed by atoms with E-state index in [1.807, 2.05) is 0 Å². The summed E-state index contributed by atoms with van der Waals surface area (Å²) in [6.07, 6.45) is 8.20. The molecule has 4 fully saturated rings. The van der Waals surface area contributed by atoms with Gasteiger partial charge in [-0.2, -0.15) is 5.10 Å². The minimum Gasteiger partial charge on any atom is -0.320 e. The van der Waals surface area contributed by atoms with Crippen LogP contribution in [-0.2, 0) is 5.54 Å². The number of aromatic nitrogens is 2. The zero-order valence-corrected chi connectivity index (χ0v) is 16.8. The van der Waals surface area contributed by atoms with Crippen molar-refractivity contribution in [1.29, 1.82) is 0 Å². The van der Waals surface area contributed by atoms with Crippen LogP contribution in [0.15, 0.2) is 30.5 Å². The molecule has 0 unspecified atom stereocenters. The van der Waals surface area contributed by atoms with Crippen LogP contribution in [0.5, 0.6) is 0 Å². The fraction of sp³-hybridized carbons (Fsp3) is 0.500. The number of hydrogen-bond acceptors (Lipinski definition) is 5. The minimum atomic E-state index is -0.610. The van der Waals surface area contributed by atoms with E-state index in [0.717, 1.165) is 19.3 Å². The summed E-state index contributed by atoms with van der Waals surface area (Å²) < 4.78 is 1.74. The van der Waals surface area contributed by atoms with Crippen LogP contribution in [0.2, 0.25) is 0 Å². The number of nitro groups is 1. The zero-order valence-electron chi connectivity index (χ0n) is 16.8. The Hall–Kier alpha value is -3.03. The molecular weight excluding hydrogens is 384 g/mol. The third-order valence-corrected chi connectivity index (χ3v) is 7.15. The Labute approximate surface area is 173 Å². The van der Waals surface area contributed by atoms with Crippen molar-refractivity contribution in [2.45, 2.75) is 51.0 Å². The summed E-state index contributed by atoms with van der Waals surface area (Å²) >= 11 is 0. The van der Waals surface area contributed by atoms with Gasteiger partial charge in [0.2, 0.25) is 5.69 Å². The predicted octanol–water partition coefficient (Wildman–Crippen LogP) is 4.17. The summed E-state index contributed by atoms with van der Waals surface area (Å²) in [5.41, 5.74) is 0.380. The van der Waals surface area contributed by atoms with Crippen LogP contribution >= 0.6 is 0 Å². The maximum Gasteiger partial charge on any atom is 0.320 e. The highest BCUT2D eigenvalue weighted by Gasteiger charge is 2.53. The Morgan fingerprint density at radius 2 is 1.67 bits per heavy atom. The lowest BCUT2D eigenvalue weighted by Gasteiger charge is -2.56. The molecule has 0 saturated heterocycles. The van der Waals surface area contributed by atoms with Crippen LogP contribution in [0.25, 0.3) is 0 Å². The van der Waals surface area contributed by atoms with E-state index in [1.165, 1.54) is 32.4 Å². The average Bonchev–Trinajstić information content (AvgIpc) is 3.14. The van der Waals surface area contributed by atoms with Gasteiger partial charge in [-0.15, -0.1) is 0 Å². The van der Waals surface area contributed by atoms with Gasteiger partial charge in [0.1, 0.15) is 6.20 Å². The third kappa shape index (κ3) is 3.11. The number of nitrogens with zero attached hydrogens (tertiary/aromatic N) is 3. The van der Waals surface area contributed by atoms with E-state index in [4.69, 9.17) is 0 Å². The monoisotopic (exact) mass is 408 g/mol. The second-order valence-corrected chi connectivity index (χ2v) is 9.29. The summed E-state index contributed by atoms with van der Waals surface area (Å²) in [4.78, 5) is 35.4. The molecule has 6 rings (SSSR count). The Balaban J connectivity index is 1.44. The highest BCUT2D eigenvalue weighted by molar-refractivity contribution is 6.05. The first-order valence-electron chi connectivity index (χ1n) is 10.5. The first-order chi connectivity index (χ1) is 14.3. The molecule has 1 aromatic carbocycles. The first kappa shape index (κ1) is 19.0. The van der Waals surface area contributed by atoms with E-state index in [9.17, 15) is 19.7 Å². The van der Waals surface area contributed by atoms with Crippen molar-refractivity contribution in [1.82, 2.24) is 9.78 Å². The van der Waals surface area contributed by atoms with Gasteiger partial charge >= 0.3 is 5.69 Å². The van der Waals surface area contributed by atoms with Gasteiger partial charge in [0, 0.05) is 11.3 Å². The van der Waals surface area contributed by atoms with Gasteiger partial charge in [-0.05, 0) is 87.5 Å². The molecule has 156 valence electrons. The van der Waals surface area contributed by atoms with Crippen LogP contribution in [0, 0.1) is 27.9 Å². The second-order valence-electron chi connectivity index (χ2n) is 9.29. The number of anilines is 1. The van der Waals surface area contributed by atoms with Crippen molar-refractivity contribution in [3.63, 3.8) is 0 Å². The lowest BCUT2D eigenvalue weighted by molar-refractivity contribution is -0.385. The predicted molar refractivity (Wildman–Crippen MR) is 109 cm³/mol. The molecule has 1 N–H and O–H groups in total. The largest absolute Gasteiger partial charge is 0.320 e. The van der Waals surface area contributed by atoms with Crippen LogP contribution in [0.4, 0.5) is 11.4 Å². The van der Waals surface area contributed by atoms with Gasteiger partial charge in [-0.3, -0.25) is 24.4 Å². The average molecular weight is 408 g/mol. The van der Waals surface area contributed by atoms with Crippen molar-refractivity contribution in [3.05, 3.63) is 51.8 Å². The van der Waals surface area contributed by atoms with Gasteiger partial charge in [0.15, 0.2) is 5.78 Å². The molecule has 1 heterocycles. The van der Waals surface area contributed by atoms with Crippen molar-refractivity contribution >= 4 is 23.1 Å². The summed E-state index contributed by atoms with van der Waals surface area (Å²) in [5, 5.41) is 18.8. The Kier molecular flexibility index (Phi) is 4.27. The van der Waals surface area contributed by atoms with Gasteiger partial charge in [0.05, 0.1) is 10.5 Å². The molecule has 0 radical (unpaired) electrons. The number of carbonyl (C=O) groups excluding carboxylic acids is 2. The molecule has 0 spiro atoms. The molecule has 2 aromatic rings. The van der Waals surface area contributed by atoms with E-state index >= 15 is 0 Å². The fourth-order valence-electron chi connectivity index (χ4n) is 6.23. The fourth-order valence-corrected chi connectivity index (χ4v) is 6.23. The standard InChI is InChI=1S/C22H24N4O4/c1-13(27)17-2-4-18(5-3-17)23-21(28)20-19(26(29)30)12-25(24-20)22-9-14-6-15(10-22)8-16(7-14)11-22/h2-5,12,14-16H,6-11H2,1H3,(H,23,28). The van der Waals surface area contributed by atoms with Crippen molar-refractivity contribution in [2.24, 2.45) is 17.8 Å². The Bertz CT molecular complexity index is 1000. The van der Waals surface area contributed by atoms with Gasteiger partial charge in [-0.25, -0.2) is 0 Å². The molecule has 4 saturated carbocycles. The topological polar surface area (TPSA) is 107 Å². The molecule has 8 nitrogen and oxygen atoms in total. The van der Waals surface area contributed by atoms with E-state index < -0.39 is 10.8 Å². The molecule has 4 aliphatic carbocycles. The number of benzene rings is 1. The third-order valence-electron chi connectivity index (χ3n) is 7.15. The first-order valence-corrected chi connectivity index (χ1v) is 10.5. The zero-order chi connectivity index (χ0) is 21.0. The molecule has 4 aliphatic rings. The summed E-state index contributed by atoms with van der Waals surface area (Å²) in [6.45, 7) is 1.47. The lowest BCUT2D eigenvalue weighted by atomic mass is 9.53. The molecule has 4 bridgehead atoms. The van der Waals surface area contributed by atoms with Gasteiger partial charge in [-0.1, -0.05) is 0 Å². The number of carbonyl (C=O) groups is 2. The highest BCUT2D eigenvalue weighted by Crippen LogP contribution is 2.58. The summed E-state index contributed by atoms with van der Waals surface area (Å²) in [7, 11) is 0. The normalized spacial score (nSPS) is 29.0. The molecule has 0 atom stereocenters. The number of hydrogen-bond donors (Lipinski definition) is 1. The van der Waals surface area contributed by atoms with Gasteiger partial charge in [0.25, 0.3) is 5.91 Å². The van der Waals surface area contributed by atoms with Crippen LogP contribution in [0.3, 0.4) is 0 Å². The van der Waals surface area contributed by atoms with E-state index in [1.54, 1.807) is 28.9 Å². The van der Waals surface area contributed by atoms with E-state index in [0.29, 0.717) is 29.0 Å². The second kappa shape index (κ2) is 6.75. The number of ketones is 1. The smallest absolute Gasteiger partial charge is 0.320 e. The number of rotatable bonds is 5. The lowest BCUT2D eigenvalue weighted by Crippen LogP contribution is -2.52. The molecule has 8 heteroatoms. The molecule has 1 amide bonds. The maximum atomic E-state index is 12.8. The highest BCUT2D eigenvalue weighted by atomic mass is 16.6. The Morgan fingerprint density at radius 3 is 2.17 bits per heavy atom. The molecule has 0 aliphatic heterocycles. The van der Waals surface area contributed by atoms with E-state index in [2.05, 4.69) is 10.4 Å². The van der Waals surface area contributed by atoms with E-state index in [-0.39, 0.29) is 22.7 Å². The SMILES string of the molecule is CC(=O)c1ccc(NC(=O)c2nn(C34CC5CC(CC(C5)C3)C4)cc2[N+](=O)[O-])cc1. The van der Waals surface area contributed by atoms with Gasteiger partial charge < -0.3 is 5.32 Å². The van der Waals surface area contributed by atoms with Crippen molar-refractivity contribution in [2.75, 3.05) is 5.32 Å². The number of Topliss-reactive ketones (excluding diaryl/α,β-unsaturated/α-hetero) is 1. The van der Waals surface area contributed by atoms with Crippen LogP contribution in [0.1, 0.15) is 66.3 Å². The minimum absolute atomic E-state index is 0.0715. The maximum absolute atomic E-state index is 12.8. The Morgan fingerprint density at radius 1 is 1.10 bits per heavy atom. The van der Waals surface area contributed by atoms with Crippen LogP contribution in [-0.4, -0.2) is 26.4 Å². The molecular formula is C22H24N4O4. The summed E-state index contributed by atoms with van der Waals surface area (Å²) in [6, 6.07) is 6.44. The molecule has 1 aromatic heterocycles. The van der Waals surface area contributed by atoms with Crippen LogP contribution < -0.4 is 5.32 Å². The van der Waals surface area contributed by atoms with Crippen molar-refractivity contribution in [3.8, 4) is 0 Å².